The number of aromatic nitrogens is 3. The topological polar surface area (TPSA) is 70.7 Å². The first-order chi connectivity index (χ1) is 7.81. The number of rotatable bonds is 3. The Morgan fingerprint density at radius 2 is 2.38 bits per heavy atom. The largest absolute Gasteiger partial charge is 0.305 e. The van der Waals surface area contributed by atoms with Gasteiger partial charge in [0.25, 0.3) is 5.91 Å². The summed E-state index contributed by atoms with van der Waals surface area (Å²) < 4.78 is 0. The Balaban J connectivity index is 2.14. The predicted octanol–water partition coefficient (Wildman–Crippen LogP) is 1.62. The van der Waals surface area contributed by atoms with E-state index in [1.165, 1.54) is 0 Å². The van der Waals surface area contributed by atoms with Crippen LogP contribution in [0.25, 0.3) is 0 Å². The molecular weight excluding hydrogens is 204 g/mol. The van der Waals surface area contributed by atoms with E-state index >= 15 is 0 Å². The minimum Gasteiger partial charge on any atom is -0.305 e. The van der Waals surface area contributed by atoms with Crippen molar-refractivity contribution >= 4 is 11.7 Å². The van der Waals surface area contributed by atoms with E-state index in [0.29, 0.717) is 11.5 Å². The van der Waals surface area contributed by atoms with Gasteiger partial charge >= 0.3 is 0 Å². The summed E-state index contributed by atoms with van der Waals surface area (Å²) in [5.41, 5.74) is 1.36. The third-order valence-electron chi connectivity index (χ3n) is 2.23. The van der Waals surface area contributed by atoms with Crippen molar-refractivity contribution in [1.82, 2.24) is 15.2 Å². The van der Waals surface area contributed by atoms with Gasteiger partial charge in [-0.15, -0.1) is 0 Å². The predicted molar refractivity (Wildman–Crippen MR) is 60.2 cm³/mol. The number of carbonyl (C=O) groups is 1. The number of nitrogens with zero attached hydrogens (tertiary/aromatic N) is 2. The minimum atomic E-state index is -0.237. The molecule has 0 atom stereocenters. The van der Waals surface area contributed by atoms with E-state index in [2.05, 4.69) is 20.5 Å². The lowest BCUT2D eigenvalue weighted by molar-refractivity contribution is 0.102. The average molecular weight is 216 g/mol. The van der Waals surface area contributed by atoms with E-state index in [9.17, 15) is 4.79 Å². The van der Waals surface area contributed by atoms with Crippen molar-refractivity contribution < 1.29 is 4.79 Å². The molecule has 0 aromatic carbocycles. The molecule has 5 nitrogen and oxygen atoms in total. The number of hydrogen-bond donors (Lipinski definition) is 2. The molecule has 0 bridgehead atoms. The lowest BCUT2D eigenvalue weighted by Gasteiger charge is -2.03. The lowest BCUT2D eigenvalue weighted by Crippen LogP contribution is -2.14. The number of pyridine rings is 1. The molecule has 0 unspecified atom stereocenters. The molecule has 2 N–H and O–H groups in total. The summed E-state index contributed by atoms with van der Waals surface area (Å²) in [6.07, 6.45) is 4.10. The first-order valence-corrected chi connectivity index (χ1v) is 5.06. The molecule has 2 rings (SSSR count). The van der Waals surface area contributed by atoms with Crippen molar-refractivity contribution in [3.63, 3.8) is 0 Å². The molecule has 0 aliphatic rings. The number of nitrogens with one attached hydrogen (secondary N) is 2. The second-order valence-corrected chi connectivity index (χ2v) is 3.29. The molecule has 0 aliphatic heterocycles. The van der Waals surface area contributed by atoms with Crippen molar-refractivity contribution in [2.75, 3.05) is 5.32 Å². The Labute approximate surface area is 92.9 Å². The maximum atomic E-state index is 11.8. The monoisotopic (exact) mass is 216 g/mol. The zero-order chi connectivity index (χ0) is 11.4. The van der Waals surface area contributed by atoms with Crippen LogP contribution in [0, 0.1) is 0 Å². The molecule has 2 aromatic heterocycles. The van der Waals surface area contributed by atoms with Gasteiger partial charge in [0.15, 0.2) is 0 Å². The van der Waals surface area contributed by atoms with Crippen LogP contribution >= 0.6 is 0 Å². The summed E-state index contributed by atoms with van der Waals surface area (Å²) in [5.74, 6) is 0.401. The maximum Gasteiger partial charge on any atom is 0.275 e. The highest BCUT2D eigenvalue weighted by Crippen LogP contribution is 2.12. The van der Waals surface area contributed by atoms with Crippen molar-refractivity contribution in [1.29, 1.82) is 0 Å². The number of aryl methyl sites for hydroxylation is 1. The summed E-state index contributed by atoms with van der Waals surface area (Å²) in [5, 5.41) is 9.37. The van der Waals surface area contributed by atoms with E-state index in [1.807, 2.05) is 6.92 Å². The molecule has 0 spiro atoms. The second-order valence-electron chi connectivity index (χ2n) is 3.29. The Morgan fingerprint density at radius 3 is 3.06 bits per heavy atom. The van der Waals surface area contributed by atoms with Crippen molar-refractivity contribution in [3.8, 4) is 0 Å². The number of hydrogen-bond acceptors (Lipinski definition) is 3. The Hall–Kier alpha value is -2.17. The third kappa shape index (κ3) is 2.08. The van der Waals surface area contributed by atoms with Gasteiger partial charge in [-0.1, -0.05) is 13.0 Å². The molecular formula is C11H12N4O. The van der Waals surface area contributed by atoms with Gasteiger partial charge in [-0.3, -0.25) is 14.9 Å². The van der Waals surface area contributed by atoms with Crippen LogP contribution in [0.15, 0.2) is 30.6 Å². The summed E-state index contributed by atoms with van der Waals surface area (Å²) in [7, 11) is 0. The van der Waals surface area contributed by atoms with Gasteiger partial charge in [0, 0.05) is 11.8 Å². The van der Waals surface area contributed by atoms with E-state index < -0.39 is 0 Å². The first kappa shape index (κ1) is 10.4. The molecule has 16 heavy (non-hydrogen) atoms. The molecule has 1 amide bonds. The van der Waals surface area contributed by atoms with Crippen molar-refractivity contribution in [2.45, 2.75) is 13.3 Å². The average Bonchev–Trinajstić information content (AvgIpc) is 2.77. The number of aromatic amines is 1. The van der Waals surface area contributed by atoms with Gasteiger partial charge in [-0.2, -0.15) is 5.10 Å². The summed E-state index contributed by atoms with van der Waals surface area (Å²) in [4.78, 5) is 15.7. The SMILES string of the molecule is CCc1cn[nH]c1NC(=O)c1ccccn1. The Bertz CT molecular complexity index is 478. The van der Waals surface area contributed by atoms with Gasteiger partial charge in [-0.05, 0) is 18.6 Å². The molecule has 2 aromatic rings. The highest BCUT2D eigenvalue weighted by atomic mass is 16.1. The second kappa shape index (κ2) is 4.57. The Morgan fingerprint density at radius 1 is 1.50 bits per heavy atom. The fraction of sp³-hybridized carbons (Fsp3) is 0.182. The smallest absolute Gasteiger partial charge is 0.275 e. The van der Waals surface area contributed by atoms with E-state index in [1.54, 1.807) is 30.6 Å². The first-order valence-electron chi connectivity index (χ1n) is 5.06. The maximum absolute atomic E-state index is 11.8. The summed E-state index contributed by atoms with van der Waals surface area (Å²) in [6, 6.07) is 5.21. The number of amides is 1. The fourth-order valence-electron chi connectivity index (χ4n) is 1.36. The zero-order valence-corrected chi connectivity index (χ0v) is 8.90. The Kier molecular flexibility index (Phi) is 2.95. The summed E-state index contributed by atoms with van der Waals surface area (Å²) >= 11 is 0. The van der Waals surface area contributed by atoms with Crippen molar-refractivity contribution in [3.05, 3.63) is 41.9 Å². The third-order valence-corrected chi connectivity index (χ3v) is 2.23. The lowest BCUT2D eigenvalue weighted by atomic mass is 10.2. The van der Waals surface area contributed by atoms with Crippen molar-refractivity contribution in [2.24, 2.45) is 0 Å². The van der Waals surface area contributed by atoms with Gasteiger partial charge < -0.3 is 5.32 Å². The molecule has 5 heteroatoms. The van der Waals surface area contributed by atoms with Gasteiger partial charge in [-0.25, -0.2) is 0 Å². The normalized spacial score (nSPS) is 10.1. The van der Waals surface area contributed by atoms with Crippen LogP contribution < -0.4 is 5.32 Å². The standard InChI is InChI=1S/C11H12N4O/c1-2-8-7-13-15-10(8)14-11(16)9-5-3-4-6-12-9/h3-7H,2H2,1H3,(H2,13,14,15,16). The molecule has 0 fully saturated rings. The van der Waals surface area contributed by atoms with Crippen LogP contribution in [0.5, 0.6) is 0 Å². The summed E-state index contributed by atoms with van der Waals surface area (Å²) in [6.45, 7) is 2.00. The van der Waals surface area contributed by atoms with Crippen LogP contribution in [-0.4, -0.2) is 21.1 Å². The molecule has 0 saturated heterocycles. The highest BCUT2D eigenvalue weighted by Gasteiger charge is 2.10. The van der Waals surface area contributed by atoms with Gasteiger partial charge in [0.2, 0.25) is 0 Å². The fourth-order valence-corrected chi connectivity index (χ4v) is 1.36. The zero-order valence-electron chi connectivity index (χ0n) is 8.90. The molecule has 82 valence electrons. The minimum absolute atomic E-state index is 0.237. The van der Waals surface area contributed by atoms with Crippen LogP contribution in [0.1, 0.15) is 23.0 Å². The molecule has 0 saturated carbocycles. The number of carbonyl (C=O) groups excluding carboxylic acids is 1. The number of anilines is 1. The number of H-pyrrole nitrogens is 1. The molecule has 0 aliphatic carbocycles. The molecule has 2 heterocycles. The van der Waals surface area contributed by atoms with E-state index in [0.717, 1.165) is 12.0 Å². The van der Waals surface area contributed by atoms with E-state index in [-0.39, 0.29) is 5.91 Å². The quantitative estimate of drug-likeness (QED) is 0.819. The molecule has 0 radical (unpaired) electrons. The highest BCUT2D eigenvalue weighted by molar-refractivity contribution is 6.02. The van der Waals surface area contributed by atoms with E-state index in [4.69, 9.17) is 0 Å². The van der Waals surface area contributed by atoms with Gasteiger partial charge in [0.05, 0.1) is 6.20 Å². The van der Waals surface area contributed by atoms with Gasteiger partial charge in [0.1, 0.15) is 11.5 Å². The van der Waals surface area contributed by atoms with Crippen LogP contribution in [0.2, 0.25) is 0 Å². The van der Waals surface area contributed by atoms with Crippen LogP contribution in [0.3, 0.4) is 0 Å². The van der Waals surface area contributed by atoms with Crippen LogP contribution in [-0.2, 0) is 6.42 Å². The van der Waals surface area contributed by atoms with Crippen LogP contribution in [0.4, 0.5) is 5.82 Å².